The maximum Gasteiger partial charge on any atom is 0.117 e. The van der Waals surface area contributed by atoms with Gasteiger partial charge in [0.15, 0.2) is 0 Å². The Kier molecular flexibility index (Phi) is 7.74. The molecule has 0 amide bonds. The average molecular weight is 271 g/mol. The number of nitrogens with zero attached hydrogens (tertiary/aromatic N) is 1. The van der Waals surface area contributed by atoms with E-state index in [1.807, 2.05) is 19.1 Å². The Morgan fingerprint density at radius 1 is 1.42 bits per heavy atom. The zero-order chi connectivity index (χ0) is 14.1. The lowest BCUT2D eigenvalue weighted by molar-refractivity contribution is -0.0402. The van der Waals surface area contributed by atoms with Gasteiger partial charge in [-0.15, -0.1) is 0 Å². The molecular weight excluding hydrogens is 246 g/mol. The molecule has 2 unspecified atom stereocenters. The Balaban J connectivity index is 2.26. The van der Waals surface area contributed by atoms with Crippen LogP contribution in [0.5, 0.6) is 0 Å². The molecule has 0 fully saturated rings. The van der Waals surface area contributed by atoms with Crippen LogP contribution >= 0.6 is 0 Å². The van der Waals surface area contributed by atoms with E-state index in [0.717, 1.165) is 12.3 Å². The third-order valence-corrected chi connectivity index (χ3v) is 2.85. The van der Waals surface area contributed by atoms with Crippen molar-refractivity contribution in [1.82, 2.24) is 4.90 Å². The van der Waals surface area contributed by atoms with Crippen LogP contribution in [0.25, 0.3) is 0 Å². The lowest BCUT2D eigenvalue weighted by atomic mass is 10.3. The van der Waals surface area contributed by atoms with Gasteiger partial charge in [-0.2, -0.15) is 0 Å². The van der Waals surface area contributed by atoms with Crippen LogP contribution in [-0.4, -0.2) is 55.6 Å². The minimum absolute atomic E-state index is 0.000185. The van der Waals surface area contributed by atoms with Gasteiger partial charge in [-0.3, -0.25) is 4.90 Å². The van der Waals surface area contributed by atoms with Crippen LogP contribution in [0.2, 0.25) is 0 Å². The summed E-state index contributed by atoms with van der Waals surface area (Å²) in [7, 11) is 1.64. The molecule has 0 aliphatic heterocycles. The molecule has 0 aliphatic rings. The Labute approximate surface area is 115 Å². The number of hydrogen-bond donors (Lipinski definition) is 1. The summed E-state index contributed by atoms with van der Waals surface area (Å²) >= 11 is 0. The van der Waals surface area contributed by atoms with Crippen LogP contribution in [0.1, 0.15) is 19.6 Å². The summed E-state index contributed by atoms with van der Waals surface area (Å²) in [6, 6.07) is 3.81. The highest BCUT2D eigenvalue weighted by molar-refractivity contribution is 4.97. The molecule has 0 saturated carbocycles. The molecule has 0 radical (unpaired) electrons. The molecule has 0 aliphatic carbocycles. The van der Waals surface area contributed by atoms with Gasteiger partial charge in [0.2, 0.25) is 0 Å². The Morgan fingerprint density at radius 3 is 2.79 bits per heavy atom. The summed E-state index contributed by atoms with van der Waals surface area (Å²) in [5.41, 5.74) is 0. The number of ether oxygens (including phenoxy) is 2. The number of hydrogen-bond acceptors (Lipinski definition) is 5. The van der Waals surface area contributed by atoms with Crippen LogP contribution in [0.3, 0.4) is 0 Å². The van der Waals surface area contributed by atoms with E-state index in [1.54, 1.807) is 13.4 Å². The number of aliphatic hydroxyl groups is 1. The first-order chi connectivity index (χ1) is 9.15. The fraction of sp³-hybridized carbons (Fsp3) is 0.714. The molecule has 0 aromatic carbocycles. The Bertz CT molecular complexity index is 315. The van der Waals surface area contributed by atoms with Crippen molar-refractivity contribution >= 4 is 0 Å². The van der Waals surface area contributed by atoms with Crippen molar-refractivity contribution in [3.63, 3.8) is 0 Å². The highest BCUT2D eigenvalue weighted by atomic mass is 16.5. The van der Waals surface area contributed by atoms with E-state index in [4.69, 9.17) is 13.9 Å². The molecule has 1 N–H and O–H groups in total. The van der Waals surface area contributed by atoms with E-state index in [2.05, 4.69) is 11.8 Å². The largest absolute Gasteiger partial charge is 0.468 e. The number of aliphatic hydroxyl groups excluding tert-OH is 1. The summed E-state index contributed by atoms with van der Waals surface area (Å²) in [5.74, 6) is 0.905. The minimum atomic E-state index is -0.505. The predicted octanol–water partition coefficient (Wildman–Crippen LogP) is 1.51. The third kappa shape index (κ3) is 6.73. The molecule has 2 atom stereocenters. The number of methoxy groups -OCH3 is 1. The first kappa shape index (κ1) is 16.2. The molecule has 1 aromatic heterocycles. The average Bonchev–Trinajstić information content (AvgIpc) is 2.89. The molecule has 1 aromatic rings. The fourth-order valence-electron chi connectivity index (χ4n) is 1.84. The summed E-state index contributed by atoms with van der Waals surface area (Å²) < 4.78 is 15.8. The standard InChI is InChI=1S/C14H25NO4/c1-4-15(9-14-6-5-7-18-14)8-13(16)11-19-12(2)10-17-3/h5-7,12-13,16H,4,8-11H2,1-3H3. The monoisotopic (exact) mass is 271 g/mol. The highest BCUT2D eigenvalue weighted by Crippen LogP contribution is 2.06. The summed E-state index contributed by atoms with van der Waals surface area (Å²) in [5, 5.41) is 9.96. The minimum Gasteiger partial charge on any atom is -0.468 e. The van der Waals surface area contributed by atoms with Gasteiger partial charge in [0.1, 0.15) is 5.76 Å². The smallest absolute Gasteiger partial charge is 0.117 e. The highest BCUT2D eigenvalue weighted by Gasteiger charge is 2.13. The summed E-state index contributed by atoms with van der Waals surface area (Å²) in [6.45, 7) is 6.97. The number of likely N-dealkylation sites (N-methyl/N-ethyl adjacent to an activating group) is 1. The van der Waals surface area contributed by atoms with Gasteiger partial charge in [-0.25, -0.2) is 0 Å². The van der Waals surface area contributed by atoms with Crippen molar-refractivity contribution in [3.05, 3.63) is 24.2 Å². The maximum absolute atomic E-state index is 9.96. The predicted molar refractivity (Wildman–Crippen MR) is 73.0 cm³/mol. The summed E-state index contributed by atoms with van der Waals surface area (Å²) in [4.78, 5) is 2.12. The Morgan fingerprint density at radius 2 is 2.21 bits per heavy atom. The lowest BCUT2D eigenvalue weighted by Gasteiger charge is -2.23. The molecule has 5 nitrogen and oxygen atoms in total. The molecule has 110 valence electrons. The second-order valence-electron chi connectivity index (χ2n) is 4.66. The topological polar surface area (TPSA) is 55.1 Å². The van der Waals surface area contributed by atoms with E-state index >= 15 is 0 Å². The van der Waals surface area contributed by atoms with Crippen LogP contribution in [0.15, 0.2) is 22.8 Å². The SMILES string of the molecule is CCN(Cc1ccco1)CC(O)COC(C)COC. The zero-order valence-electron chi connectivity index (χ0n) is 12.0. The second-order valence-corrected chi connectivity index (χ2v) is 4.66. The molecule has 0 bridgehead atoms. The van der Waals surface area contributed by atoms with Crippen molar-refractivity contribution in [3.8, 4) is 0 Å². The van der Waals surface area contributed by atoms with E-state index in [1.165, 1.54) is 0 Å². The normalized spacial score (nSPS) is 14.8. The Hall–Kier alpha value is -0.880. The van der Waals surface area contributed by atoms with Gasteiger partial charge >= 0.3 is 0 Å². The van der Waals surface area contributed by atoms with Crippen LogP contribution in [-0.2, 0) is 16.0 Å². The molecule has 0 saturated heterocycles. The zero-order valence-corrected chi connectivity index (χ0v) is 12.0. The van der Waals surface area contributed by atoms with Crippen molar-refractivity contribution < 1.29 is 19.0 Å². The third-order valence-electron chi connectivity index (χ3n) is 2.85. The molecule has 19 heavy (non-hydrogen) atoms. The van der Waals surface area contributed by atoms with Gasteiger partial charge < -0.3 is 19.0 Å². The fourth-order valence-corrected chi connectivity index (χ4v) is 1.84. The van der Waals surface area contributed by atoms with Crippen molar-refractivity contribution in [2.75, 3.05) is 33.4 Å². The van der Waals surface area contributed by atoms with Crippen LogP contribution in [0, 0.1) is 0 Å². The van der Waals surface area contributed by atoms with Gasteiger partial charge in [0.05, 0.1) is 38.2 Å². The second kappa shape index (κ2) is 9.09. The molecule has 5 heteroatoms. The lowest BCUT2D eigenvalue weighted by Crippen LogP contribution is -2.35. The van der Waals surface area contributed by atoms with Gasteiger partial charge in [-0.05, 0) is 25.6 Å². The van der Waals surface area contributed by atoms with Gasteiger partial charge in [0.25, 0.3) is 0 Å². The van der Waals surface area contributed by atoms with Crippen molar-refractivity contribution in [2.45, 2.75) is 32.6 Å². The van der Waals surface area contributed by atoms with E-state index in [-0.39, 0.29) is 6.10 Å². The van der Waals surface area contributed by atoms with E-state index in [9.17, 15) is 5.11 Å². The van der Waals surface area contributed by atoms with Crippen molar-refractivity contribution in [1.29, 1.82) is 0 Å². The molecule has 0 spiro atoms. The first-order valence-corrected chi connectivity index (χ1v) is 6.69. The van der Waals surface area contributed by atoms with Crippen LogP contribution in [0.4, 0.5) is 0 Å². The van der Waals surface area contributed by atoms with Crippen molar-refractivity contribution in [2.24, 2.45) is 0 Å². The maximum atomic E-state index is 9.96. The first-order valence-electron chi connectivity index (χ1n) is 6.69. The van der Waals surface area contributed by atoms with Crippen LogP contribution < -0.4 is 0 Å². The van der Waals surface area contributed by atoms with E-state index < -0.39 is 6.10 Å². The molecular formula is C14H25NO4. The molecule has 1 heterocycles. The van der Waals surface area contributed by atoms with Gasteiger partial charge in [0, 0.05) is 13.7 Å². The quantitative estimate of drug-likeness (QED) is 0.699. The molecule has 1 rings (SSSR count). The summed E-state index contributed by atoms with van der Waals surface area (Å²) in [6.07, 6.45) is 1.16. The van der Waals surface area contributed by atoms with E-state index in [0.29, 0.717) is 26.3 Å². The number of furan rings is 1. The van der Waals surface area contributed by atoms with Gasteiger partial charge in [-0.1, -0.05) is 6.92 Å². The number of rotatable bonds is 10.